The molecular formula is C13H24ClNO2. The lowest BCUT2D eigenvalue weighted by Gasteiger charge is -2.20. The first-order valence-corrected chi connectivity index (χ1v) is 7.27. The monoisotopic (exact) mass is 261 g/mol. The Morgan fingerprint density at radius 2 is 2.00 bits per heavy atom. The number of hydrogen-bond acceptors (Lipinski definition) is 2. The van der Waals surface area contributed by atoms with Crippen molar-refractivity contribution < 1.29 is 9.53 Å². The van der Waals surface area contributed by atoms with Crippen LogP contribution in [-0.2, 0) is 9.53 Å². The van der Waals surface area contributed by atoms with Crippen molar-refractivity contribution in [2.24, 2.45) is 5.92 Å². The van der Waals surface area contributed by atoms with E-state index in [4.69, 9.17) is 16.3 Å². The van der Waals surface area contributed by atoms with Gasteiger partial charge >= 0.3 is 0 Å². The van der Waals surface area contributed by atoms with Crippen LogP contribution in [0.15, 0.2) is 0 Å². The molecule has 0 aromatic rings. The Morgan fingerprint density at radius 1 is 1.24 bits per heavy atom. The summed E-state index contributed by atoms with van der Waals surface area (Å²) < 4.78 is 5.23. The average molecular weight is 262 g/mol. The molecule has 0 radical (unpaired) electrons. The number of amides is 1. The SMILES string of the molecule is O=C(CC1CCCCC1)NCCCOCCCl. The van der Waals surface area contributed by atoms with Gasteiger partial charge < -0.3 is 10.1 Å². The number of nitrogens with one attached hydrogen (secondary N) is 1. The van der Waals surface area contributed by atoms with Crippen molar-refractivity contribution >= 4 is 17.5 Å². The predicted octanol–water partition coefficient (Wildman–Crippen LogP) is 2.72. The largest absolute Gasteiger partial charge is 0.380 e. The van der Waals surface area contributed by atoms with Gasteiger partial charge in [-0.3, -0.25) is 4.79 Å². The van der Waals surface area contributed by atoms with Crippen molar-refractivity contribution in [3.8, 4) is 0 Å². The summed E-state index contributed by atoms with van der Waals surface area (Å²) in [6.45, 7) is 1.99. The second-order valence-electron chi connectivity index (χ2n) is 4.71. The smallest absolute Gasteiger partial charge is 0.220 e. The molecule has 0 aromatic carbocycles. The van der Waals surface area contributed by atoms with Crippen molar-refractivity contribution in [3.05, 3.63) is 0 Å². The summed E-state index contributed by atoms with van der Waals surface area (Å²) in [6.07, 6.45) is 7.97. The Morgan fingerprint density at radius 3 is 2.71 bits per heavy atom. The fourth-order valence-corrected chi connectivity index (χ4v) is 2.39. The Kier molecular flexibility index (Phi) is 8.45. The van der Waals surface area contributed by atoms with E-state index < -0.39 is 0 Å². The van der Waals surface area contributed by atoms with Gasteiger partial charge in [0.05, 0.1) is 6.61 Å². The molecule has 0 aliphatic heterocycles. The van der Waals surface area contributed by atoms with Gasteiger partial charge in [0.15, 0.2) is 0 Å². The molecule has 0 heterocycles. The molecule has 0 unspecified atom stereocenters. The van der Waals surface area contributed by atoms with Gasteiger partial charge in [-0.25, -0.2) is 0 Å². The van der Waals surface area contributed by atoms with Gasteiger partial charge in [-0.05, 0) is 25.2 Å². The number of alkyl halides is 1. The first-order chi connectivity index (χ1) is 8.33. The third kappa shape index (κ3) is 7.61. The molecule has 0 spiro atoms. The summed E-state index contributed by atoms with van der Waals surface area (Å²) in [7, 11) is 0. The van der Waals surface area contributed by atoms with Crippen LogP contribution in [-0.4, -0.2) is 31.5 Å². The maximum atomic E-state index is 11.6. The zero-order chi connectivity index (χ0) is 12.3. The summed E-state index contributed by atoms with van der Waals surface area (Å²) >= 11 is 5.48. The van der Waals surface area contributed by atoms with E-state index in [1.807, 2.05) is 0 Å². The Balaban J connectivity index is 1.93. The van der Waals surface area contributed by atoms with Crippen LogP contribution < -0.4 is 5.32 Å². The highest BCUT2D eigenvalue weighted by Crippen LogP contribution is 2.25. The standard InChI is InChI=1S/C13H24ClNO2/c14-7-10-17-9-4-8-15-13(16)11-12-5-2-1-3-6-12/h12H,1-11H2,(H,15,16). The summed E-state index contributed by atoms with van der Waals surface area (Å²) in [5, 5.41) is 2.95. The van der Waals surface area contributed by atoms with Gasteiger partial charge in [-0.2, -0.15) is 0 Å². The Bertz CT molecular complexity index is 206. The second kappa shape index (κ2) is 9.72. The third-order valence-electron chi connectivity index (χ3n) is 3.21. The molecule has 1 saturated carbocycles. The van der Waals surface area contributed by atoms with Crippen LogP contribution in [0.1, 0.15) is 44.9 Å². The van der Waals surface area contributed by atoms with Crippen molar-refractivity contribution in [2.75, 3.05) is 25.6 Å². The van der Waals surface area contributed by atoms with E-state index in [1.165, 1.54) is 32.1 Å². The van der Waals surface area contributed by atoms with Crippen LogP contribution in [0.25, 0.3) is 0 Å². The second-order valence-corrected chi connectivity index (χ2v) is 5.09. The molecule has 4 heteroatoms. The topological polar surface area (TPSA) is 38.3 Å². The summed E-state index contributed by atoms with van der Waals surface area (Å²) in [5.74, 6) is 1.36. The highest BCUT2D eigenvalue weighted by Gasteiger charge is 2.16. The van der Waals surface area contributed by atoms with E-state index >= 15 is 0 Å². The van der Waals surface area contributed by atoms with E-state index in [9.17, 15) is 4.79 Å². The normalized spacial score (nSPS) is 17.0. The lowest BCUT2D eigenvalue weighted by molar-refractivity contribution is -0.122. The molecular weight excluding hydrogens is 238 g/mol. The van der Waals surface area contributed by atoms with E-state index in [0.29, 0.717) is 38.0 Å². The molecule has 0 saturated heterocycles. The molecule has 0 atom stereocenters. The quantitative estimate of drug-likeness (QED) is 0.539. The van der Waals surface area contributed by atoms with E-state index in [-0.39, 0.29) is 5.91 Å². The fourth-order valence-electron chi connectivity index (χ4n) is 2.28. The van der Waals surface area contributed by atoms with Gasteiger partial charge in [0.25, 0.3) is 0 Å². The maximum Gasteiger partial charge on any atom is 0.220 e. The predicted molar refractivity (Wildman–Crippen MR) is 70.4 cm³/mol. The summed E-state index contributed by atoms with van der Waals surface area (Å²) in [6, 6.07) is 0. The zero-order valence-corrected chi connectivity index (χ0v) is 11.3. The Labute approximate surface area is 109 Å². The molecule has 0 bridgehead atoms. The number of halogens is 1. The van der Waals surface area contributed by atoms with Crippen LogP contribution in [0, 0.1) is 5.92 Å². The highest BCUT2D eigenvalue weighted by atomic mass is 35.5. The number of carbonyl (C=O) groups excluding carboxylic acids is 1. The van der Waals surface area contributed by atoms with E-state index in [0.717, 1.165) is 6.42 Å². The van der Waals surface area contributed by atoms with Gasteiger partial charge in [-0.15, -0.1) is 11.6 Å². The van der Waals surface area contributed by atoms with E-state index in [1.54, 1.807) is 0 Å². The van der Waals surface area contributed by atoms with Crippen LogP contribution >= 0.6 is 11.6 Å². The molecule has 1 aliphatic carbocycles. The number of hydrogen-bond donors (Lipinski definition) is 1. The first-order valence-electron chi connectivity index (χ1n) is 6.73. The summed E-state index contributed by atoms with van der Waals surface area (Å²) in [5.41, 5.74) is 0. The zero-order valence-electron chi connectivity index (χ0n) is 10.5. The molecule has 3 nitrogen and oxygen atoms in total. The van der Waals surface area contributed by atoms with Crippen LogP contribution in [0.2, 0.25) is 0 Å². The Hall–Kier alpha value is -0.280. The fraction of sp³-hybridized carbons (Fsp3) is 0.923. The van der Waals surface area contributed by atoms with Gasteiger partial charge in [0.1, 0.15) is 0 Å². The van der Waals surface area contributed by atoms with Crippen molar-refractivity contribution in [2.45, 2.75) is 44.9 Å². The number of carbonyl (C=O) groups is 1. The number of rotatable bonds is 8. The molecule has 1 amide bonds. The molecule has 1 fully saturated rings. The molecule has 100 valence electrons. The van der Waals surface area contributed by atoms with Crippen LogP contribution in [0.5, 0.6) is 0 Å². The molecule has 17 heavy (non-hydrogen) atoms. The van der Waals surface area contributed by atoms with E-state index in [2.05, 4.69) is 5.32 Å². The van der Waals surface area contributed by atoms with Crippen LogP contribution in [0.3, 0.4) is 0 Å². The van der Waals surface area contributed by atoms with Crippen LogP contribution in [0.4, 0.5) is 0 Å². The lowest BCUT2D eigenvalue weighted by Crippen LogP contribution is -2.27. The summed E-state index contributed by atoms with van der Waals surface area (Å²) in [4.78, 5) is 11.6. The molecule has 1 N–H and O–H groups in total. The molecule has 0 aromatic heterocycles. The minimum Gasteiger partial charge on any atom is -0.380 e. The van der Waals surface area contributed by atoms with Gasteiger partial charge in [-0.1, -0.05) is 19.3 Å². The third-order valence-corrected chi connectivity index (χ3v) is 3.36. The minimum absolute atomic E-state index is 0.203. The first kappa shape index (κ1) is 14.8. The van der Waals surface area contributed by atoms with Gasteiger partial charge in [0.2, 0.25) is 5.91 Å². The van der Waals surface area contributed by atoms with Crippen molar-refractivity contribution in [1.82, 2.24) is 5.32 Å². The molecule has 1 rings (SSSR count). The van der Waals surface area contributed by atoms with Crippen molar-refractivity contribution in [1.29, 1.82) is 0 Å². The van der Waals surface area contributed by atoms with Gasteiger partial charge in [0, 0.05) is 25.5 Å². The minimum atomic E-state index is 0.203. The number of ether oxygens (including phenoxy) is 1. The maximum absolute atomic E-state index is 11.6. The highest BCUT2D eigenvalue weighted by molar-refractivity contribution is 6.17. The van der Waals surface area contributed by atoms with Crippen molar-refractivity contribution in [3.63, 3.8) is 0 Å². The molecule has 1 aliphatic rings. The lowest BCUT2D eigenvalue weighted by atomic mass is 9.87. The average Bonchev–Trinajstić information content (AvgIpc) is 2.35.